The number of aryl methyl sites for hydroxylation is 1. The first-order valence-corrected chi connectivity index (χ1v) is 5.33. The van der Waals surface area contributed by atoms with Crippen LogP contribution < -0.4 is 5.73 Å². The lowest BCUT2D eigenvalue weighted by Gasteiger charge is -2.12. The minimum absolute atomic E-state index is 0.237. The molecule has 16 heavy (non-hydrogen) atoms. The molecule has 1 aromatic carbocycles. The van der Waals surface area contributed by atoms with Gasteiger partial charge in [-0.1, -0.05) is 23.7 Å². The second-order valence-corrected chi connectivity index (χ2v) is 4.07. The lowest BCUT2D eigenvalue weighted by atomic mass is 10.0. The van der Waals surface area contributed by atoms with E-state index >= 15 is 0 Å². The molecule has 0 amide bonds. The Morgan fingerprint density at radius 1 is 1.19 bits per heavy atom. The SMILES string of the molecule is Cc1ccc(C(N)c2cncnc2)cc1Cl. The summed E-state index contributed by atoms with van der Waals surface area (Å²) < 4.78 is 0. The van der Waals surface area contributed by atoms with Crippen LogP contribution in [-0.2, 0) is 0 Å². The van der Waals surface area contributed by atoms with Crippen molar-refractivity contribution in [1.29, 1.82) is 0 Å². The molecule has 3 nitrogen and oxygen atoms in total. The summed E-state index contributed by atoms with van der Waals surface area (Å²) in [6.45, 7) is 1.96. The molecule has 0 saturated carbocycles. The van der Waals surface area contributed by atoms with Gasteiger partial charge in [0.25, 0.3) is 0 Å². The second-order valence-electron chi connectivity index (χ2n) is 3.66. The van der Waals surface area contributed by atoms with Crippen LogP contribution in [0.5, 0.6) is 0 Å². The molecule has 0 spiro atoms. The smallest absolute Gasteiger partial charge is 0.115 e. The maximum atomic E-state index is 6.10. The largest absolute Gasteiger partial charge is 0.320 e. The molecular formula is C12H12ClN3. The predicted octanol–water partition coefficient (Wildman–Crippen LogP) is 2.49. The highest BCUT2D eigenvalue weighted by Crippen LogP contribution is 2.23. The van der Waals surface area contributed by atoms with E-state index in [1.54, 1.807) is 12.4 Å². The summed E-state index contributed by atoms with van der Waals surface area (Å²) in [7, 11) is 0. The van der Waals surface area contributed by atoms with Crippen LogP contribution in [0.15, 0.2) is 36.9 Å². The molecule has 2 rings (SSSR count). The van der Waals surface area contributed by atoms with Gasteiger partial charge in [0.15, 0.2) is 0 Å². The van der Waals surface area contributed by atoms with Crippen molar-refractivity contribution in [2.75, 3.05) is 0 Å². The van der Waals surface area contributed by atoms with Gasteiger partial charge < -0.3 is 5.73 Å². The van der Waals surface area contributed by atoms with Crippen LogP contribution in [0.3, 0.4) is 0 Å². The summed E-state index contributed by atoms with van der Waals surface area (Å²) in [4.78, 5) is 7.89. The van der Waals surface area contributed by atoms with E-state index in [4.69, 9.17) is 17.3 Å². The minimum Gasteiger partial charge on any atom is -0.320 e. The number of nitrogens with two attached hydrogens (primary N) is 1. The van der Waals surface area contributed by atoms with Gasteiger partial charge in [0.05, 0.1) is 6.04 Å². The monoisotopic (exact) mass is 233 g/mol. The highest BCUT2D eigenvalue weighted by Gasteiger charge is 2.10. The number of nitrogens with zero attached hydrogens (tertiary/aromatic N) is 2. The standard InChI is InChI=1S/C12H12ClN3/c1-8-2-3-9(4-11(8)13)12(14)10-5-15-7-16-6-10/h2-7,12H,14H2,1H3. The predicted molar refractivity (Wildman–Crippen MR) is 64.3 cm³/mol. The quantitative estimate of drug-likeness (QED) is 0.867. The minimum atomic E-state index is -0.237. The van der Waals surface area contributed by atoms with Crippen molar-refractivity contribution < 1.29 is 0 Å². The number of aromatic nitrogens is 2. The summed E-state index contributed by atoms with van der Waals surface area (Å²) >= 11 is 6.06. The zero-order chi connectivity index (χ0) is 11.5. The summed E-state index contributed by atoms with van der Waals surface area (Å²) in [5.41, 5.74) is 8.98. The Morgan fingerprint density at radius 2 is 1.88 bits per heavy atom. The summed E-state index contributed by atoms with van der Waals surface area (Å²) in [5, 5.41) is 0.727. The van der Waals surface area contributed by atoms with E-state index in [-0.39, 0.29) is 6.04 Å². The molecule has 0 fully saturated rings. The first kappa shape index (κ1) is 11.0. The summed E-state index contributed by atoms with van der Waals surface area (Å²) in [6, 6.07) is 5.58. The Bertz CT molecular complexity index is 485. The number of benzene rings is 1. The molecular weight excluding hydrogens is 222 g/mol. The van der Waals surface area contributed by atoms with Crippen molar-refractivity contribution in [1.82, 2.24) is 9.97 Å². The van der Waals surface area contributed by atoms with Crippen molar-refractivity contribution in [3.8, 4) is 0 Å². The van der Waals surface area contributed by atoms with Crippen LogP contribution in [0.1, 0.15) is 22.7 Å². The van der Waals surface area contributed by atoms with E-state index in [1.807, 2.05) is 25.1 Å². The highest BCUT2D eigenvalue weighted by molar-refractivity contribution is 6.31. The molecule has 2 aromatic rings. The zero-order valence-corrected chi connectivity index (χ0v) is 9.65. The van der Waals surface area contributed by atoms with Crippen LogP contribution >= 0.6 is 11.6 Å². The average Bonchev–Trinajstić information content (AvgIpc) is 2.33. The van der Waals surface area contributed by atoms with Crippen molar-refractivity contribution in [3.05, 3.63) is 58.6 Å². The highest BCUT2D eigenvalue weighted by atomic mass is 35.5. The second kappa shape index (κ2) is 4.60. The number of hydrogen-bond donors (Lipinski definition) is 1. The molecule has 0 aliphatic rings. The molecule has 1 heterocycles. The molecule has 82 valence electrons. The topological polar surface area (TPSA) is 51.8 Å². The van der Waals surface area contributed by atoms with Crippen LogP contribution in [-0.4, -0.2) is 9.97 Å². The third kappa shape index (κ3) is 2.21. The van der Waals surface area contributed by atoms with E-state index in [1.165, 1.54) is 6.33 Å². The van der Waals surface area contributed by atoms with Gasteiger partial charge >= 0.3 is 0 Å². The van der Waals surface area contributed by atoms with E-state index in [2.05, 4.69) is 9.97 Å². The van der Waals surface area contributed by atoms with Crippen molar-refractivity contribution >= 4 is 11.6 Å². The molecule has 2 N–H and O–H groups in total. The van der Waals surface area contributed by atoms with E-state index < -0.39 is 0 Å². The molecule has 0 saturated heterocycles. The first-order valence-electron chi connectivity index (χ1n) is 4.95. The molecule has 0 bridgehead atoms. The van der Waals surface area contributed by atoms with Crippen LogP contribution in [0.4, 0.5) is 0 Å². The third-order valence-corrected chi connectivity index (χ3v) is 2.90. The molecule has 1 atom stereocenters. The molecule has 4 heteroatoms. The summed E-state index contributed by atoms with van der Waals surface area (Å²) in [5.74, 6) is 0. The van der Waals surface area contributed by atoms with Gasteiger partial charge in [-0.05, 0) is 24.1 Å². The van der Waals surface area contributed by atoms with Crippen LogP contribution in [0.2, 0.25) is 5.02 Å². The van der Waals surface area contributed by atoms with Crippen molar-refractivity contribution in [3.63, 3.8) is 0 Å². The van der Waals surface area contributed by atoms with Crippen molar-refractivity contribution in [2.45, 2.75) is 13.0 Å². The Morgan fingerprint density at radius 3 is 2.50 bits per heavy atom. The van der Waals surface area contributed by atoms with Gasteiger partial charge in [-0.3, -0.25) is 0 Å². The molecule has 0 aliphatic heterocycles. The Hall–Kier alpha value is -1.45. The third-order valence-electron chi connectivity index (χ3n) is 2.49. The Balaban J connectivity index is 2.34. The lowest BCUT2D eigenvalue weighted by Crippen LogP contribution is -2.12. The van der Waals surface area contributed by atoms with Gasteiger partial charge in [0, 0.05) is 23.0 Å². The van der Waals surface area contributed by atoms with E-state index in [9.17, 15) is 0 Å². The van der Waals surface area contributed by atoms with E-state index in [0.717, 1.165) is 21.7 Å². The number of rotatable bonds is 2. The zero-order valence-electron chi connectivity index (χ0n) is 8.89. The van der Waals surface area contributed by atoms with Crippen molar-refractivity contribution in [2.24, 2.45) is 5.73 Å². The van der Waals surface area contributed by atoms with Gasteiger partial charge in [0.1, 0.15) is 6.33 Å². The molecule has 0 radical (unpaired) electrons. The molecule has 0 aliphatic carbocycles. The van der Waals surface area contributed by atoms with Gasteiger partial charge in [0.2, 0.25) is 0 Å². The van der Waals surface area contributed by atoms with Crippen LogP contribution in [0.25, 0.3) is 0 Å². The maximum absolute atomic E-state index is 6.10. The van der Waals surface area contributed by atoms with Gasteiger partial charge in [-0.25, -0.2) is 9.97 Å². The summed E-state index contributed by atoms with van der Waals surface area (Å²) in [6.07, 6.45) is 4.91. The Labute approximate surface area is 99.3 Å². The molecule has 1 unspecified atom stereocenters. The number of halogens is 1. The fourth-order valence-corrected chi connectivity index (χ4v) is 1.66. The van der Waals surface area contributed by atoms with E-state index in [0.29, 0.717) is 0 Å². The lowest BCUT2D eigenvalue weighted by molar-refractivity contribution is 0.850. The first-order chi connectivity index (χ1) is 7.68. The van der Waals surface area contributed by atoms with Crippen LogP contribution in [0, 0.1) is 6.92 Å². The van der Waals surface area contributed by atoms with Gasteiger partial charge in [-0.15, -0.1) is 0 Å². The average molecular weight is 234 g/mol. The van der Waals surface area contributed by atoms with Gasteiger partial charge in [-0.2, -0.15) is 0 Å². The molecule has 1 aromatic heterocycles. The number of hydrogen-bond acceptors (Lipinski definition) is 3. The Kier molecular flexibility index (Phi) is 3.17. The fourth-order valence-electron chi connectivity index (χ4n) is 1.47. The fraction of sp³-hybridized carbons (Fsp3) is 0.167. The maximum Gasteiger partial charge on any atom is 0.115 e. The normalized spacial score (nSPS) is 12.4.